The lowest BCUT2D eigenvalue weighted by atomic mass is 10.1. The van der Waals surface area contributed by atoms with E-state index >= 15 is 0 Å². The third-order valence-electron chi connectivity index (χ3n) is 3.79. The molecule has 0 aromatic heterocycles. The molecule has 2 aromatic carbocycles. The number of hydrogen-bond donors (Lipinski definition) is 0. The Bertz CT molecular complexity index is 923. The Hall–Kier alpha value is -1.51. The number of benzene rings is 2. The van der Waals surface area contributed by atoms with Crippen LogP contribution < -0.4 is 8.92 Å². The van der Waals surface area contributed by atoms with Gasteiger partial charge in [0.15, 0.2) is 5.75 Å². The quantitative estimate of drug-likeness (QED) is 0.520. The maximum Gasteiger partial charge on any atom is 0.306 e. The van der Waals surface area contributed by atoms with Crippen molar-refractivity contribution in [2.45, 2.75) is 12.2 Å². The zero-order chi connectivity index (χ0) is 19.6. The van der Waals surface area contributed by atoms with Gasteiger partial charge in [0.25, 0.3) is 0 Å². The van der Waals surface area contributed by atoms with Crippen molar-refractivity contribution < 1.29 is 26.8 Å². The van der Waals surface area contributed by atoms with E-state index in [4.69, 9.17) is 37.4 Å². The van der Waals surface area contributed by atoms with E-state index in [0.717, 1.165) is 34.8 Å². The Labute approximate surface area is 168 Å². The van der Waals surface area contributed by atoms with Gasteiger partial charge in [-0.1, -0.05) is 35.3 Å². The Balaban J connectivity index is 0.000000159. The molecule has 0 saturated carbocycles. The molecule has 146 valence electrons. The summed E-state index contributed by atoms with van der Waals surface area (Å²) >= 11 is 11.8. The summed E-state index contributed by atoms with van der Waals surface area (Å²) in [6.07, 6.45) is 1.28. The molecular formula is C18H18Cl2O6S. The maximum atomic E-state index is 10.9. The minimum Gasteiger partial charge on any atom is -0.497 e. The van der Waals surface area contributed by atoms with Gasteiger partial charge in [-0.2, -0.15) is 8.42 Å². The lowest BCUT2D eigenvalue weighted by Gasteiger charge is -2.05. The second-order valence-electron chi connectivity index (χ2n) is 6.01. The van der Waals surface area contributed by atoms with Gasteiger partial charge in [-0.15, -0.1) is 0 Å². The molecule has 0 aliphatic carbocycles. The van der Waals surface area contributed by atoms with Crippen molar-refractivity contribution in [1.29, 1.82) is 0 Å². The zero-order valence-corrected chi connectivity index (χ0v) is 17.0. The molecule has 2 heterocycles. The highest BCUT2D eigenvalue weighted by Crippen LogP contribution is 2.36. The minimum absolute atomic E-state index is 0.0924. The van der Waals surface area contributed by atoms with Gasteiger partial charge in [-0.25, -0.2) is 0 Å². The van der Waals surface area contributed by atoms with Gasteiger partial charge in [0.1, 0.15) is 18.0 Å². The summed E-state index contributed by atoms with van der Waals surface area (Å²) in [6, 6.07) is 10.6. The van der Waals surface area contributed by atoms with Gasteiger partial charge >= 0.3 is 10.1 Å². The first-order chi connectivity index (χ1) is 12.8. The Morgan fingerprint density at radius 1 is 1.00 bits per heavy atom. The van der Waals surface area contributed by atoms with Crippen LogP contribution in [0.15, 0.2) is 36.4 Å². The molecule has 0 spiro atoms. The van der Waals surface area contributed by atoms with E-state index in [1.54, 1.807) is 25.3 Å². The van der Waals surface area contributed by atoms with Crippen LogP contribution in [0.1, 0.15) is 23.3 Å². The fourth-order valence-corrected chi connectivity index (χ4v) is 3.35. The van der Waals surface area contributed by atoms with Crippen molar-refractivity contribution in [2.24, 2.45) is 0 Å². The van der Waals surface area contributed by atoms with E-state index in [0.29, 0.717) is 6.61 Å². The van der Waals surface area contributed by atoms with Crippen molar-refractivity contribution in [3.05, 3.63) is 57.6 Å². The fraction of sp³-hybridized carbons (Fsp3) is 0.333. The summed E-state index contributed by atoms with van der Waals surface area (Å²) in [5.41, 5.74) is 1.98. The molecule has 2 saturated heterocycles. The standard InChI is InChI=1S/C9H9ClO4S.C9H9ClO2/c1-15(11,12)14-8-3-2-6(4-7(8)10)9-5-13-9;1-11-6-2-3-7(8(10)4-6)9-5-12-9/h2-4,9H,5H2,1H3;2-4,9H,5H2,1H3. The molecule has 6 nitrogen and oxygen atoms in total. The SMILES string of the molecule is COc1ccc(C2CO2)c(Cl)c1.CS(=O)(=O)Oc1ccc(C2CO2)cc1Cl. The molecule has 2 atom stereocenters. The first-order valence-electron chi connectivity index (χ1n) is 8.02. The number of rotatable bonds is 5. The molecule has 9 heteroatoms. The van der Waals surface area contributed by atoms with Crippen molar-refractivity contribution in [2.75, 3.05) is 26.6 Å². The molecule has 27 heavy (non-hydrogen) atoms. The van der Waals surface area contributed by atoms with Crippen molar-refractivity contribution in [1.82, 2.24) is 0 Å². The fourth-order valence-electron chi connectivity index (χ4n) is 2.31. The molecule has 0 bridgehead atoms. The summed E-state index contributed by atoms with van der Waals surface area (Å²) in [5, 5.41) is 0.991. The Morgan fingerprint density at radius 3 is 2.15 bits per heavy atom. The average Bonchev–Trinajstić information content (AvgIpc) is 3.47. The molecule has 0 radical (unpaired) electrons. The van der Waals surface area contributed by atoms with E-state index in [1.807, 2.05) is 12.1 Å². The topological polar surface area (TPSA) is 77.7 Å². The van der Waals surface area contributed by atoms with Gasteiger partial charge < -0.3 is 18.4 Å². The third-order valence-corrected chi connectivity index (χ3v) is 4.90. The van der Waals surface area contributed by atoms with Crippen molar-refractivity contribution >= 4 is 33.3 Å². The van der Waals surface area contributed by atoms with Gasteiger partial charge in [0.2, 0.25) is 0 Å². The van der Waals surface area contributed by atoms with Crippen molar-refractivity contribution in [3.8, 4) is 11.5 Å². The van der Waals surface area contributed by atoms with Crippen LogP contribution in [0, 0.1) is 0 Å². The molecule has 2 aromatic rings. The van der Waals surface area contributed by atoms with Gasteiger partial charge in [0, 0.05) is 5.56 Å². The normalized spacial score (nSPS) is 20.3. The largest absolute Gasteiger partial charge is 0.497 e. The summed E-state index contributed by atoms with van der Waals surface area (Å²) in [5.74, 6) is 0.924. The van der Waals surface area contributed by atoms with E-state index < -0.39 is 10.1 Å². The summed E-state index contributed by atoms with van der Waals surface area (Å²) in [4.78, 5) is 0. The molecular weight excluding hydrogens is 415 g/mol. The number of ether oxygens (including phenoxy) is 3. The second kappa shape index (κ2) is 8.24. The minimum atomic E-state index is -3.53. The van der Waals surface area contributed by atoms with E-state index in [-0.39, 0.29) is 23.0 Å². The van der Waals surface area contributed by atoms with E-state index in [2.05, 4.69) is 4.18 Å². The lowest BCUT2D eigenvalue weighted by molar-refractivity contribution is 0.409. The zero-order valence-electron chi connectivity index (χ0n) is 14.6. The number of hydrogen-bond acceptors (Lipinski definition) is 6. The summed E-state index contributed by atoms with van der Waals surface area (Å²) in [6.45, 7) is 1.47. The van der Waals surface area contributed by atoms with Crippen LogP contribution in [0.5, 0.6) is 11.5 Å². The monoisotopic (exact) mass is 432 g/mol. The van der Waals surface area contributed by atoms with Crippen LogP contribution in [-0.4, -0.2) is 35.0 Å². The highest BCUT2D eigenvalue weighted by Gasteiger charge is 2.27. The molecule has 2 fully saturated rings. The second-order valence-corrected chi connectivity index (χ2v) is 8.40. The molecule has 2 aliphatic rings. The third kappa shape index (κ3) is 5.99. The molecule has 0 amide bonds. The number of halogens is 2. The molecule has 0 N–H and O–H groups in total. The maximum absolute atomic E-state index is 10.9. The molecule has 2 aliphatic heterocycles. The van der Waals surface area contributed by atoms with Crippen LogP contribution in [-0.2, 0) is 19.6 Å². The summed E-state index contributed by atoms with van der Waals surface area (Å²) in [7, 11) is -1.91. The van der Waals surface area contributed by atoms with Crippen LogP contribution in [0.25, 0.3) is 0 Å². The van der Waals surface area contributed by atoms with Crippen molar-refractivity contribution in [3.63, 3.8) is 0 Å². The lowest BCUT2D eigenvalue weighted by Crippen LogP contribution is -2.06. The first kappa shape index (κ1) is 20.2. The smallest absolute Gasteiger partial charge is 0.306 e. The Kier molecular flexibility index (Phi) is 6.18. The number of epoxide rings is 2. The van der Waals surface area contributed by atoms with E-state index in [1.165, 1.54) is 6.07 Å². The predicted octanol–water partition coefficient (Wildman–Crippen LogP) is 4.17. The predicted molar refractivity (Wildman–Crippen MR) is 102 cm³/mol. The van der Waals surface area contributed by atoms with Crippen LogP contribution >= 0.6 is 23.2 Å². The van der Waals surface area contributed by atoms with Crippen LogP contribution in [0.2, 0.25) is 10.0 Å². The van der Waals surface area contributed by atoms with Crippen LogP contribution in [0.3, 0.4) is 0 Å². The molecule has 2 unspecified atom stereocenters. The van der Waals surface area contributed by atoms with Gasteiger partial charge in [-0.3, -0.25) is 0 Å². The highest BCUT2D eigenvalue weighted by atomic mass is 35.5. The van der Waals surface area contributed by atoms with Gasteiger partial charge in [0.05, 0.1) is 36.6 Å². The van der Waals surface area contributed by atoms with Gasteiger partial charge in [-0.05, 0) is 29.8 Å². The highest BCUT2D eigenvalue weighted by molar-refractivity contribution is 7.86. The summed E-state index contributed by atoms with van der Waals surface area (Å²) < 4.78 is 41.7. The molecule has 4 rings (SSSR count). The Morgan fingerprint density at radius 2 is 1.67 bits per heavy atom. The van der Waals surface area contributed by atoms with Crippen LogP contribution in [0.4, 0.5) is 0 Å². The average molecular weight is 433 g/mol. The number of methoxy groups -OCH3 is 1. The first-order valence-corrected chi connectivity index (χ1v) is 10.6. The van der Waals surface area contributed by atoms with E-state index in [9.17, 15) is 8.42 Å².